The smallest absolute Gasteiger partial charge is 0.268 e. The SMILES string of the molecule is COc1cc(Nc2nc3ccccc3nc2N(c2cccc(NC(=O)CN3CCCCC3)c2)S(=O)O)cc(OC)c1. The van der Waals surface area contributed by atoms with E-state index in [1.54, 1.807) is 62.8 Å². The maximum absolute atomic E-state index is 12.8. The summed E-state index contributed by atoms with van der Waals surface area (Å²) in [5, 5.41) is 6.13. The van der Waals surface area contributed by atoms with Gasteiger partial charge in [-0.1, -0.05) is 24.6 Å². The van der Waals surface area contributed by atoms with Crippen molar-refractivity contribution >= 4 is 56.9 Å². The van der Waals surface area contributed by atoms with Crippen LogP contribution in [0.4, 0.5) is 28.7 Å². The lowest BCUT2D eigenvalue weighted by molar-refractivity contribution is -0.117. The first kappa shape index (κ1) is 28.3. The average Bonchev–Trinajstić information content (AvgIpc) is 2.97. The molecule has 1 atom stereocenters. The third-order valence-electron chi connectivity index (χ3n) is 6.70. The Morgan fingerprint density at radius 3 is 2.27 bits per heavy atom. The number of para-hydroxylation sites is 2. The van der Waals surface area contributed by atoms with E-state index in [-0.39, 0.29) is 17.5 Å². The van der Waals surface area contributed by atoms with Crippen molar-refractivity contribution in [2.45, 2.75) is 19.3 Å². The van der Waals surface area contributed by atoms with Gasteiger partial charge in [0.2, 0.25) is 5.91 Å². The van der Waals surface area contributed by atoms with Crippen LogP contribution >= 0.6 is 0 Å². The van der Waals surface area contributed by atoms with Crippen LogP contribution in [0.3, 0.4) is 0 Å². The lowest BCUT2D eigenvalue weighted by atomic mass is 10.1. The van der Waals surface area contributed by atoms with Gasteiger partial charge in [-0.25, -0.2) is 18.5 Å². The molecule has 1 aliphatic heterocycles. The lowest BCUT2D eigenvalue weighted by Gasteiger charge is -2.26. The first-order chi connectivity index (χ1) is 19.9. The number of rotatable bonds is 10. The number of methoxy groups -OCH3 is 2. The maximum atomic E-state index is 12.8. The Hall–Kier alpha value is -4.26. The summed E-state index contributed by atoms with van der Waals surface area (Å²) in [5.74, 6) is 1.32. The summed E-state index contributed by atoms with van der Waals surface area (Å²) < 4.78 is 35.3. The van der Waals surface area contributed by atoms with Crippen molar-refractivity contribution in [1.29, 1.82) is 0 Å². The summed E-state index contributed by atoms with van der Waals surface area (Å²) in [5.41, 5.74) is 2.56. The van der Waals surface area contributed by atoms with Crippen LogP contribution in [0.25, 0.3) is 11.0 Å². The van der Waals surface area contributed by atoms with E-state index in [1.807, 2.05) is 18.2 Å². The quantitative estimate of drug-likeness (QED) is 0.221. The van der Waals surface area contributed by atoms with Gasteiger partial charge >= 0.3 is 0 Å². The highest BCUT2D eigenvalue weighted by Crippen LogP contribution is 2.36. The van der Waals surface area contributed by atoms with Gasteiger partial charge in [-0.3, -0.25) is 14.2 Å². The maximum Gasteiger partial charge on any atom is 0.268 e. The minimum atomic E-state index is -2.53. The minimum absolute atomic E-state index is 0.114. The topological polar surface area (TPSA) is 129 Å². The van der Waals surface area contributed by atoms with E-state index >= 15 is 0 Å². The lowest BCUT2D eigenvalue weighted by Crippen LogP contribution is -2.36. The number of carbonyl (C=O) groups is 1. The Bertz CT molecular complexity index is 1540. The highest BCUT2D eigenvalue weighted by Gasteiger charge is 2.24. The number of fused-ring (bicyclic) bond motifs is 1. The molecule has 4 aromatic rings. The van der Waals surface area contributed by atoms with Crippen LogP contribution in [-0.4, -0.2) is 63.4 Å². The number of nitrogens with one attached hydrogen (secondary N) is 2. The molecule has 41 heavy (non-hydrogen) atoms. The van der Waals surface area contributed by atoms with Crippen molar-refractivity contribution in [2.24, 2.45) is 0 Å². The first-order valence-electron chi connectivity index (χ1n) is 13.2. The Morgan fingerprint density at radius 2 is 1.61 bits per heavy atom. The van der Waals surface area contributed by atoms with Crippen molar-refractivity contribution in [3.63, 3.8) is 0 Å². The first-order valence-corrected chi connectivity index (χ1v) is 14.3. The Balaban J connectivity index is 1.50. The fourth-order valence-corrected chi connectivity index (χ4v) is 5.32. The van der Waals surface area contributed by atoms with Gasteiger partial charge in [-0.15, -0.1) is 0 Å². The molecule has 2 heterocycles. The van der Waals surface area contributed by atoms with Crippen LogP contribution in [0.5, 0.6) is 11.5 Å². The van der Waals surface area contributed by atoms with E-state index in [9.17, 15) is 13.6 Å². The molecule has 1 aliphatic rings. The zero-order valence-electron chi connectivity index (χ0n) is 22.9. The third-order valence-corrected chi connectivity index (χ3v) is 7.39. The molecule has 0 spiro atoms. The highest BCUT2D eigenvalue weighted by atomic mass is 32.2. The number of hydrogen-bond donors (Lipinski definition) is 3. The zero-order valence-corrected chi connectivity index (χ0v) is 23.7. The van der Waals surface area contributed by atoms with E-state index in [0.29, 0.717) is 46.1 Å². The number of aromatic nitrogens is 2. The summed E-state index contributed by atoms with van der Waals surface area (Å²) in [6.45, 7) is 2.11. The normalized spacial score (nSPS) is 14.3. The number of likely N-dealkylation sites (tertiary alicyclic amines) is 1. The number of benzene rings is 3. The van der Waals surface area contributed by atoms with Gasteiger partial charge in [-0.2, -0.15) is 0 Å². The molecule has 12 heteroatoms. The summed E-state index contributed by atoms with van der Waals surface area (Å²) in [7, 11) is 3.10. The number of piperidine rings is 1. The molecule has 0 radical (unpaired) electrons. The number of carbonyl (C=O) groups excluding carboxylic acids is 1. The molecule has 0 aliphatic carbocycles. The third kappa shape index (κ3) is 6.91. The molecular formula is C29H32N6O5S. The molecule has 3 N–H and O–H groups in total. The molecule has 1 aromatic heterocycles. The van der Waals surface area contributed by atoms with Crippen LogP contribution in [0.2, 0.25) is 0 Å². The fourth-order valence-electron chi connectivity index (χ4n) is 4.75. The summed E-state index contributed by atoms with van der Waals surface area (Å²) in [4.78, 5) is 24.3. The molecule has 1 saturated heterocycles. The molecule has 1 fully saturated rings. The number of nitrogens with zero attached hydrogens (tertiary/aromatic N) is 4. The zero-order chi connectivity index (χ0) is 28.8. The molecule has 0 saturated carbocycles. The molecule has 1 amide bonds. The molecular weight excluding hydrogens is 544 g/mol. The van der Waals surface area contributed by atoms with E-state index in [2.05, 4.69) is 15.5 Å². The summed E-state index contributed by atoms with van der Waals surface area (Å²) in [6.07, 6.45) is 3.37. The number of anilines is 5. The van der Waals surface area contributed by atoms with Crippen LogP contribution < -0.4 is 24.4 Å². The molecule has 3 aromatic carbocycles. The minimum Gasteiger partial charge on any atom is -0.497 e. The van der Waals surface area contributed by atoms with Crippen LogP contribution in [0, 0.1) is 0 Å². The molecule has 1 unspecified atom stereocenters. The second kappa shape index (κ2) is 12.9. The van der Waals surface area contributed by atoms with E-state index in [4.69, 9.17) is 19.4 Å². The van der Waals surface area contributed by atoms with Gasteiger partial charge in [0.1, 0.15) is 11.5 Å². The van der Waals surface area contributed by atoms with Gasteiger partial charge in [0.05, 0.1) is 37.5 Å². The number of hydrogen-bond acceptors (Lipinski definition) is 8. The predicted octanol–water partition coefficient (Wildman–Crippen LogP) is 5.09. The second-order valence-electron chi connectivity index (χ2n) is 9.57. The molecule has 0 bridgehead atoms. The monoisotopic (exact) mass is 576 g/mol. The van der Waals surface area contributed by atoms with Gasteiger partial charge in [-0.05, 0) is 56.3 Å². The van der Waals surface area contributed by atoms with Crippen LogP contribution in [0.15, 0.2) is 66.7 Å². The van der Waals surface area contributed by atoms with Crippen molar-refractivity contribution in [2.75, 3.05) is 48.8 Å². The average molecular weight is 577 g/mol. The van der Waals surface area contributed by atoms with Crippen molar-refractivity contribution in [1.82, 2.24) is 14.9 Å². The Kier molecular flexibility index (Phi) is 8.92. The van der Waals surface area contributed by atoms with E-state index in [1.165, 1.54) is 6.42 Å². The van der Waals surface area contributed by atoms with Gasteiger partial charge in [0.25, 0.3) is 11.3 Å². The largest absolute Gasteiger partial charge is 0.497 e. The Morgan fingerprint density at radius 1 is 0.927 bits per heavy atom. The van der Waals surface area contributed by atoms with Gasteiger partial charge in [0, 0.05) is 29.6 Å². The van der Waals surface area contributed by atoms with E-state index < -0.39 is 11.3 Å². The highest BCUT2D eigenvalue weighted by molar-refractivity contribution is 7.81. The molecule has 214 valence electrons. The summed E-state index contributed by atoms with van der Waals surface area (Å²) >= 11 is -2.53. The predicted molar refractivity (Wildman–Crippen MR) is 161 cm³/mol. The van der Waals surface area contributed by atoms with Crippen molar-refractivity contribution < 1.29 is 23.0 Å². The number of ether oxygens (including phenoxy) is 2. The Labute approximate surface area is 240 Å². The molecule has 5 rings (SSSR count). The standard InChI is InChI=1S/C29H32N6O5S/c1-39-23-16-21(17-24(18-23)40-2)31-28-29(33-26-12-5-4-11-25(26)32-28)35(41(37)38)22-10-8-9-20(15-22)30-27(36)19-34-13-6-3-7-14-34/h4-5,8-12,15-18H,3,6-7,13-14,19H2,1-2H3,(H,30,36)(H,31,32)(H,37,38). The van der Waals surface area contributed by atoms with Gasteiger partial charge < -0.3 is 20.1 Å². The van der Waals surface area contributed by atoms with Crippen LogP contribution in [0.1, 0.15) is 19.3 Å². The second-order valence-corrected chi connectivity index (χ2v) is 10.4. The fraction of sp³-hybridized carbons (Fsp3) is 0.276. The molecule has 11 nitrogen and oxygen atoms in total. The van der Waals surface area contributed by atoms with Crippen molar-refractivity contribution in [3.8, 4) is 11.5 Å². The van der Waals surface area contributed by atoms with Crippen molar-refractivity contribution in [3.05, 3.63) is 66.7 Å². The van der Waals surface area contributed by atoms with E-state index in [0.717, 1.165) is 30.2 Å². The van der Waals surface area contributed by atoms with Gasteiger partial charge in [0.15, 0.2) is 11.6 Å². The summed E-state index contributed by atoms with van der Waals surface area (Å²) in [6, 6.07) is 19.2. The van der Waals surface area contributed by atoms with Crippen LogP contribution in [-0.2, 0) is 16.1 Å². The number of amides is 1.